The van der Waals surface area contributed by atoms with E-state index in [0.29, 0.717) is 25.0 Å². The first kappa shape index (κ1) is 20.1. The molecule has 2 aliphatic heterocycles. The highest BCUT2D eigenvalue weighted by Gasteiger charge is 2.27. The molecule has 3 aliphatic rings. The molecule has 156 valence electrons. The number of hydrogen-bond donors (Lipinski definition) is 1. The van der Waals surface area contributed by atoms with Crippen molar-refractivity contribution in [3.8, 4) is 12.1 Å². The average Bonchev–Trinajstić information content (AvgIpc) is 3.03. The van der Waals surface area contributed by atoms with Crippen LogP contribution in [0.2, 0.25) is 0 Å². The summed E-state index contributed by atoms with van der Waals surface area (Å²) >= 11 is 0. The minimum atomic E-state index is 0.179. The van der Waals surface area contributed by atoms with Crippen LogP contribution in [0.15, 0.2) is 12.2 Å². The van der Waals surface area contributed by atoms with Crippen LogP contribution in [0.25, 0.3) is 0 Å². The maximum atomic E-state index is 9.10. The van der Waals surface area contributed by atoms with Crippen LogP contribution in [0.5, 0.6) is 6.01 Å². The molecule has 0 bridgehead atoms. The highest BCUT2D eigenvalue weighted by molar-refractivity contribution is 5.52. The number of nitriles is 1. The van der Waals surface area contributed by atoms with Crippen LogP contribution in [-0.4, -0.2) is 67.3 Å². The van der Waals surface area contributed by atoms with Gasteiger partial charge in [-0.25, -0.2) is 0 Å². The largest absolute Gasteiger partial charge is 0.463 e. The van der Waals surface area contributed by atoms with Crippen LogP contribution in [-0.2, 0) is 12.8 Å². The van der Waals surface area contributed by atoms with Crippen molar-refractivity contribution in [2.75, 3.05) is 51.3 Å². The molecular formula is C22H32N6O. The highest BCUT2D eigenvalue weighted by Crippen LogP contribution is 2.31. The standard InChI is InChI=1S/C22H32N6O/c1-16-4-3-5-19-20(12-16)25-22(29-15-17-7-10-27(2)13-17)26-21(19)28-11-9-24-18(14-28)6-8-23/h17-18,24H,1,3-7,9-15H2,2H3/t17-,18?/m1/s1. The zero-order chi connectivity index (χ0) is 20.2. The molecule has 4 rings (SSSR count). The molecule has 7 nitrogen and oxygen atoms in total. The number of likely N-dealkylation sites (tertiary alicyclic amines) is 1. The van der Waals surface area contributed by atoms with Gasteiger partial charge < -0.3 is 19.9 Å². The van der Waals surface area contributed by atoms with Crippen molar-refractivity contribution in [3.05, 3.63) is 23.4 Å². The summed E-state index contributed by atoms with van der Waals surface area (Å²) in [6.07, 6.45) is 5.59. The first-order chi connectivity index (χ1) is 14.1. The van der Waals surface area contributed by atoms with Crippen molar-refractivity contribution in [3.63, 3.8) is 0 Å². The predicted molar refractivity (Wildman–Crippen MR) is 113 cm³/mol. The lowest BCUT2D eigenvalue weighted by Crippen LogP contribution is -2.51. The Kier molecular flexibility index (Phi) is 6.31. The first-order valence-electron chi connectivity index (χ1n) is 10.9. The zero-order valence-corrected chi connectivity index (χ0v) is 17.5. The summed E-state index contributed by atoms with van der Waals surface area (Å²) in [6, 6.07) is 2.97. The second-order valence-corrected chi connectivity index (χ2v) is 8.72. The van der Waals surface area contributed by atoms with Crippen molar-refractivity contribution in [2.24, 2.45) is 5.92 Å². The number of piperazine rings is 1. The second-order valence-electron chi connectivity index (χ2n) is 8.72. The van der Waals surface area contributed by atoms with Gasteiger partial charge in [-0.2, -0.15) is 15.2 Å². The van der Waals surface area contributed by atoms with Gasteiger partial charge >= 0.3 is 6.01 Å². The van der Waals surface area contributed by atoms with Crippen molar-refractivity contribution in [1.29, 1.82) is 5.26 Å². The third-order valence-corrected chi connectivity index (χ3v) is 6.25. The minimum Gasteiger partial charge on any atom is -0.463 e. The molecule has 2 fully saturated rings. The summed E-state index contributed by atoms with van der Waals surface area (Å²) in [5.74, 6) is 1.55. The van der Waals surface area contributed by atoms with Gasteiger partial charge in [-0.3, -0.25) is 0 Å². The molecule has 0 spiro atoms. The van der Waals surface area contributed by atoms with E-state index in [1.807, 2.05) is 0 Å². The van der Waals surface area contributed by atoms with E-state index >= 15 is 0 Å². The summed E-state index contributed by atoms with van der Waals surface area (Å²) in [5.41, 5.74) is 3.56. The number of fused-ring (bicyclic) bond motifs is 1. The SMILES string of the molecule is C=C1CCCc2c(nc(OC[C@@H]3CCN(C)C3)nc2N2CCNC(CC#N)C2)C1. The highest BCUT2D eigenvalue weighted by atomic mass is 16.5. The van der Waals surface area contributed by atoms with Crippen LogP contribution in [0.3, 0.4) is 0 Å². The number of nitrogens with zero attached hydrogens (tertiary/aromatic N) is 5. The third kappa shape index (κ3) is 4.88. The van der Waals surface area contributed by atoms with Crippen LogP contribution >= 0.6 is 0 Å². The van der Waals surface area contributed by atoms with Crippen molar-refractivity contribution in [2.45, 2.75) is 44.6 Å². The lowest BCUT2D eigenvalue weighted by atomic mass is 10.1. The predicted octanol–water partition coefficient (Wildman–Crippen LogP) is 1.93. The van der Waals surface area contributed by atoms with Crippen LogP contribution in [0.4, 0.5) is 5.82 Å². The van der Waals surface area contributed by atoms with E-state index in [-0.39, 0.29) is 6.04 Å². The summed E-state index contributed by atoms with van der Waals surface area (Å²) < 4.78 is 6.11. The van der Waals surface area contributed by atoms with Gasteiger partial charge in [0.2, 0.25) is 0 Å². The fourth-order valence-electron chi connectivity index (χ4n) is 4.68. The smallest absolute Gasteiger partial charge is 0.318 e. The molecule has 29 heavy (non-hydrogen) atoms. The Hall–Kier alpha value is -2.17. The molecule has 1 aromatic rings. The molecule has 1 unspecified atom stereocenters. The first-order valence-corrected chi connectivity index (χ1v) is 10.9. The topological polar surface area (TPSA) is 77.3 Å². The fraction of sp³-hybridized carbons (Fsp3) is 0.682. The zero-order valence-electron chi connectivity index (χ0n) is 17.5. The average molecular weight is 397 g/mol. The van der Waals surface area contributed by atoms with Crippen molar-refractivity contribution >= 4 is 5.82 Å². The number of allylic oxidation sites excluding steroid dienone is 1. The van der Waals surface area contributed by atoms with Gasteiger partial charge in [-0.05, 0) is 39.3 Å². The Bertz CT molecular complexity index is 788. The lowest BCUT2D eigenvalue weighted by Gasteiger charge is -2.35. The maximum absolute atomic E-state index is 9.10. The molecule has 2 saturated heterocycles. The minimum absolute atomic E-state index is 0.179. The second kappa shape index (κ2) is 9.10. The quantitative estimate of drug-likeness (QED) is 0.602. The summed E-state index contributed by atoms with van der Waals surface area (Å²) in [6.45, 7) is 9.65. The molecule has 0 radical (unpaired) electrons. The van der Waals surface area contributed by atoms with Gasteiger partial charge in [0.25, 0.3) is 0 Å². The van der Waals surface area contributed by atoms with Crippen LogP contribution < -0.4 is 15.0 Å². The van der Waals surface area contributed by atoms with E-state index in [4.69, 9.17) is 20.0 Å². The lowest BCUT2D eigenvalue weighted by molar-refractivity contribution is 0.231. The molecule has 1 aromatic heterocycles. The monoisotopic (exact) mass is 396 g/mol. The van der Waals surface area contributed by atoms with E-state index in [2.05, 4.69) is 34.8 Å². The fourth-order valence-corrected chi connectivity index (χ4v) is 4.68. The van der Waals surface area contributed by atoms with Crippen molar-refractivity contribution < 1.29 is 4.74 Å². The van der Waals surface area contributed by atoms with E-state index < -0.39 is 0 Å². The molecule has 1 N–H and O–H groups in total. The van der Waals surface area contributed by atoms with Crippen LogP contribution in [0, 0.1) is 17.2 Å². The number of rotatable bonds is 5. The number of hydrogen-bond acceptors (Lipinski definition) is 7. The Balaban J connectivity index is 1.58. The summed E-state index contributed by atoms with van der Waals surface area (Å²) in [7, 11) is 2.16. The Morgan fingerprint density at radius 2 is 2.17 bits per heavy atom. The molecule has 7 heteroatoms. The van der Waals surface area contributed by atoms with Crippen molar-refractivity contribution in [1.82, 2.24) is 20.2 Å². The van der Waals surface area contributed by atoms with E-state index in [9.17, 15) is 0 Å². The molecule has 0 saturated carbocycles. The third-order valence-electron chi connectivity index (χ3n) is 6.25. The van der Waals surface area contributed by atoms with Gasteiger partial charge in [-0.15, -0.1) is 0 Å². The molecule has 2 atom stereocenters. The molecule has 0 aromatic carbocycles. The van der Waals surface area contributed by atoms with Crippen LogP contribution in [0.1, 0.15) is 36.9 Å². The number of aromatic nitrogens is 2. The molecule has 0 amide bonds. The summed E-state index contributed by atoms with van der Waals surface area (Å²) in [5, 5.41) is 12.5. The van der Waals surface area contributed by atoms with Gasteiger partial charge in [0, 0.05) is 50.1 Å². The Morgan fingerprint density at radius 1 is 1.28 bits per heavy atom. The van der Waals surface area contributed by atoms with Gasteiger partial charge in [0.15, 0.2) is 0 Å². The molecule has 3 heterocycles. The van der Waals surface area contributed by atoms with Gasteiger partial charge in [-0.1, -0.05) is 12.2 Å². The van der Waals surface area contributed by atoms with E-state index in [1.54, 1.807) is 0 Å². The maximum Gasteiger partial charge on any atom is 0.318 e. The molecular weight excluding hydrogens is 364 g/mol. The van der Waals surface area contributed by atoms with E-state index in [0.717, 1.165) is 69.9 Å². The Morgan fingerprint density at radius 3 is 2.97 bits per heavy atom. The number of nitrogens with one attached hydrogen (secondary N) is 1. The molecule has 1 aliphatic carbocycles. The summed E-state index contributed by atoms with van der Waals surface area (Å²) in [4.78, 5) is 14.4. The number of ether oxygens (including phenoxy) is 1. The Labute approximate surface area is 173 Å². The van der Waals surface area contributed by atoms with Gasteiger partial charge in [0.05, 0.1) is 24.8 Å². The van der Waals surface area contributed by atoms with E-state index in [1.165, 1.54) is 17.6 Å². The van der Waals surface area contributed by atoms with Gasteiger partial charge in [0.1, 0.15) is 5.82 Å². The normalized spacial score (nSPS) is 25.4. The number of anilines is 1.